The number of hydrogen-bond acceptors (Lipinski definition) is 4. The molecule has 1 amide bonds. The summed E-state index contributed by atoms with van der Waals surface area (Å²) in [7, 11) is 0. The van der Waals surface area contributed by atoms with Gasteiger partial charge in [-0.15, -0.1) is 6.58 Å². The van der Waals surface area contributed by atoms with Gasteiger partial charge in [-0.25, -0.2) is 4.98 Å². The summed E-state index contributed by atoms with van der Waals surface area (Å²) in [6.45, 7) is 8.01. The first kappa shape index (κ1) is 18.1. The number of carbonyl (C=O) groups is 1. The van der Waals surface area contributed by atoms with Gasteiger partial charge in [0.05, 0.1) is 23.8 Å². The van der Waals surface area contributed by atoms with E-state index < -0.39 is 6.04 Å². The molecule has 1 fully saturated rings. The zero-order chi connectivity index (χ0) is 18.7. The van der Waals surface area contributed by atoms with E-state index in [0.29, 0.717) is 17.8 Å². The van der Waals surface area contributed by atoms with Crippen LogP contribution in [-0.2, 0) is 16.6 Å². The second kappa shape index (κ2) is 7.27. The van der Waals surface area contributed by atoms with E-state index in [9.17, 15) is 10.0 Å². The highest BCUT2D eigenvalue weighted by Gasteiger charge is 2.28. The number of H-pyrrole nitrogens is 1. The molecule has 2 aromatic rings. The van der Waals surface area contributed by atoms with Gasteiger partial charge in [0.2, 0.25) is 5.91 Å². The molecule has 3 rings (SSSR count). The zero-order valence-electron chi connectivity index (χ0n) is 15.0. The van der Waals surface area contributed by atoms with Crippen molar-refractivity contribution in [1.29, 1.82) is 0 Å². The molecule has 1 aromatic heterocycles. The third-order valence-corrected chi connectivity index (χ3v) is 4.67. The second-order valence-corrected chi connectivity index (χ2v) is 7.03. The maximum absolute atomic E-state index is 12.5. The van der Waals surface area contributed by atoms with Crippen LogP contribution in [0.2, 0.25) is 0 Å². The lowest BCUT2D eigenvalue weighted by atomic mass is 9.88. The van der Waals surface area contributed by atoms with Gasteiger partial charge < -0.3 is 20.6 Å². The number of aromatic nitrogens is 2. The third-order valence-electron chi connectivity index (χ3n) is 4.67. The molecular weight excluding hydrogens is 328 g/mol. The minimum absolute atomic E-state index is 0.115. The van der Waals surface area contributed by atoms with Gasteiger partial charge in [0, 0.05) is 17.7 Å². The van der Waals surface area contributed by atoms with E-state index in [1.54, 1.807) is 12.4 Å². The minimum Gasteiger partial charge on any atom is -0.784 e. The Kier molecular flexibility index (Phi) is 5.06. The van der Waals surface area contributed by atoms with Crippen molar-refractivity contribution in [3.63, 3.8) is 0 Å². The summed E-state index contributed by atoms with van der Waals surface area (Å²) >= 11 is 0. The van der Waals surface area contributed by atoms with E-state index in [2.05, 4.69) is 21.9 Å². The van der Waals surface area contributed by atoms with Gasteiger partial charge in [0.25, 0.3) is 0 Å². The molecule has 136 valence electrons. The van der Waals surface area contributed by atoms with Gasteiger partial charge in [-0.05, 0) is 18.1 Å². The maximum atomic E-state index is 12.5. The lowest BCUT2D eigenvalue weighted by Gasteiger charge is -2.41. The normalized spacial score (nSPS) is 20.2. The summed E-state index contributed by atoms with van der Waals surface area (Å²) in [6.07, 6.45) is 5.57. The first-order valence-corrected chi connectivity index (χ1v) is 8.57. The van der Waals surface area contributed by atoms with E-state index in [4.69, 9.17) is 0 Å². The molecule has 6 nitrogen and oxygen atoms in total. The van der Waals surface area contributed by atoms with Crippen molar-refractivity contribution in [3.05, 3.63) is 77.2 Å². The molecule has 0 aliphatic carbocycles. The van der Waals surface area contributed by atoms with Crippen LogP contribution in [0.25, 0.3) is 6.08 Å². The van der Waals surface area contributed by atoms with Crippen molar-refractivity contribution < 1.29 is 4.79 Å². The Balaban J connectivity index is 1.78. The Morgan fingerprint density at radius 3 is 2.77 bits per heavy atom. The lowest BCUT2D eigenvalue weighted by molar-refractivity contribution is -0.126. The summed E-state index contributed by atoms with van der Waals surface area (Å²) in [4.78, 5) is 19.9. The maximum Gasteiger partial charge on any atom is 0.240 e. The van der Waals surface area contributed by atoms with E-state index in [-0.39, 0.29) is 17.9 Å². The number of hydroxylamine groups is 2. The van der Waals surface area contributed by atoms with Crippen molar-refractivity contribution in [2.24, 2.45) is 0 Å². The number of benzene rings is 1. The zero-order valence-corrected chi connectivity index (χ0v) is 15.0. The first-order chi connectivity index (χ1) is 12.4. The number of hydrogen-bond donors (Lipinski definition) is 2. The summed E-state index contributed by atoms with van der Waals surface area (Å²) < 4.78 is 0. The highest BCUT2D eigenvalue weighted by atomic mass is 16.5. The molecule has 0 radical (unpaired) electrons. The molecule has 0 bridgehead atoms. The third kappa shape index (κ3) is 3.76. The Hall–Kier alpha value is -2.70. The van der Waals surface area contributed by atoms with Crippen LogP contribution < -0.4 is 5.32 Å². The van der Waals surface area contributed by atoms with Crippen LogP contribution in [0.15, 0.2) is 55.0 Å². The predicted octanol–water partition coefficient (Wildman–Crippen LogP) is 2.76. The first-order valence-electron chi connectivity index (χ1n) is 8.57. The van der Waals surface area contributed by atoms with Gasteiger partial charge in [0.15, 0.2) is 0 Å². The van der Waals surface area contributed by atoms with Crippen LogP contribution in [0.4, 0.5) is 0 Å². The van der Waals surface area contributed by atoms with E-state index >= 15 is 0 Å². The monoisotopic (exact) mass is 351 g/mol. The average Bonchev–Trinajstić information content (AvgIpc) is 3.08. The molecule has 26 heavy (non-hydrogen) atoms. The summed E-state index contributed by atoms with van der Waals surface area (Å²) in [6, 6.07) is 8.82. The largest absolute Gasteiger partial charge is 0.784 e. The molecule has 2 N–H and O–H groups in total. The van der Waals surface area contributed by atoms with Gasteiger partial charge in [-0.2, -0.15) is 0 Å². The van der Waals surface area contributed by atoms with Crippen LogP contribution >= 0.6 is 0 Å². The molecule has 6 heteroatoms. The molecule has 2 heterocycles. The number of nitrogens with one attached hydrogen (secondary N) is 2. The minimum atomic E-state index is -0.724. The number of allylic oxidation sites excluding steroid dienone is 1. The van der Waals surface area contributed by atoms with Crippen molar-refractivity contribution >= 4 is 12.0 Å². The predicted molar refractivity (Wildman–Crippen MR) is 102 cm³/mol. The molecule has 0 saturated carbocycles. The van der Waals surface area contributed by atoms with Crippen molar-refractivity contribution in [3.8, 4) is 0 Å². The smallest absolute Gasteiger partial charge is 0.240 e. The Bertz CT molecular complexity index is 823. The number of rotatable bonds is 5. The van der Waals surface area contributed by atoms with Crippen molar-refractivity contribution in [2.75, 3.05) is 6.54 Å². The van der Waals surface area contributed by atoms with E-state index in [1.807, 2.05) is 50.3 Å². The number of piperazine rings is 1. The van der Waals surface area contributed by atoms with E-state index in [1.165, 1.54) is 0 Å². The fourth-order valence-corrected chi connectivity index (χ4v) is 3.00. The number of carbonyl (C=O) groups excluding carboxylic acids is 1. The van der Waals surface area contributed by atoms with Gasteiger partial charge in [-0.3, -0.25) is 4.79 Å². The molecule has 1 saturated heterocycles. The fourth-order valence-electron chi connectivity index (χ4n) is 3.00. The lowest BCUT2D eigenvalue weighted by Crippen LogP contribution is -2.52. The SMILES string of the molecule is C=CC(C)(C)c1[nH]cnc1/C=C1/CN([O-])C(Cc2ccccc2)C(=O)N1. The van der Waals surface area contributed by atoms with Crippen molar-refractivity contribution in [1.82, 2.24) is 20.3 Å². The van der Waals surface area contributed by atoms with Gasteiger partial charge in [-0.1, -0.05) is 50.3 Å². The van der Waals surface area contributed by atoms with Crippen molar-refractivity contribution in [2.45, 2.75) is 31.7 Å². The number of imidazole rings is 1. The molecule has 1 aliphatic heterocycles. The molecule has 0 spiro atoms. The fraction of sp³-hybridized carbons (Fsp3) is 0.300. The Morgan fingerprint density at radius 1 is 1.38 bits per heavy atom. The van der Waals surface area contributed by atoms with Crippen LogP contribution in [0.1, 0.15) is 30.8 Å². The van der Waals surface area contributed by atoms with E-state index in [0.717, 1.165) is 16.3 Å². The molecular formula is C20H23N4O2-. The van der Waals surface area contributed by atoms with Crippen LogP contribution in [-0.4, -0.2) is 33.5 Å². The highest BCUT2D eigenvalue weighted by Crippen LogP contribution is 2.26. The standard InChI is InChI=1S/C20H23N4O2/c1-4-20(2,3)18-16(21-13-22-18)11-15-12-24(26)17(19(25)23-15)10-14-8-6-5-7-9-14/h4-9,11,13,17H,1,10,12H2,2-3H3,(H,21,22)(H,23,25)/q-1/b15-11-. The summed E-state index contributed by atoms with van der Waals surface area (Å²) in [5.41, 5.74) is 2.79. The van der Waals surface area contributed by atoms with Crippen LogP contribution in [0.5, 0.6) is 0 Å². The highest BCUT2D eigenvalue weighted by molar-refractivity contribution is 5.86. The topological polar surface area (TPSA) is 84.1 Å². The number of aromatic amines is 1. The molecule has 1 unspecified atom stereocenters. The summed E-state index contributed by atoms with van der Waals surface area (Å²) in [5.74, 6) is -0.290. The second-order valence-electron chi connectivity index (χ2n) is 7.03. The quantitative estimate of drug-likeness (QED) is 0.811. The summed E-state index contributed by atoms with van der Waals surface area (Å²) in [5, 5.41) is 16.1. The molecule has 1 atom stereocenters. The number of amides is 1. The van der Waals surface area contributed by atoms with Gasteiger partial charge >= 0.3 is 0 Å². The molecule has 1 aliphatic rings. The number of nitrogens with zero attached hydrogens (tertiary/aromatic N) is 2. The Morgan fingerprint density at radius 2 is 2.12 bits per heavy atom. The Labute approximate surface area is 153 Å². The molecule has 1 aromatic carbocycles. The van der Waals surface area contributed by atoms with Crippen LogP contribution in [0.3, 0.4) is 0 Å². The average molecular weight is 351 g/mol. The van der Waals surface area contributed by atoms with Crippen LogP contribution in [0, 0.1) is 5.21 Å². The van der Waals surface area contributed by atoms with Gasteiger partial charge in [0.1, 0.15) is 0 Å².